The van der Waals surface area contributed by atoms with Gasteiger partial charge in [-0.3, -0.25) is 4.79 Å². The fourth-order valence-corrected chi connectivity index (χ4v) is 2.79. The number of rotatable bonds is 7. The first-order valence-corrected chi connectivity index (χ1v) is 8.92. The highest BCUT2D eigenvalue weighted by atomic mass is 35.5. The molecule has 0 bridgehead atoms. The van der Waals surface area contributed by atoms with Crippen LogP contribution in [0.1, 0.15) is 27.4 Å². The molecule has 1 heterocycles. The lowest BCUT2D eigenvalue weighted by atomic mass is 10.2. The number of amides is 1. The van der Waals surface area contributed by atoms with Gasteiger partial charge in [0.05, 0.1) is 10.6 Å². The molecule has 1 aromatic heterocycles. The van der Waals surface area contributed by atoms with Crippen molar-refractivity contribution in [2.75, 3.05) is 5.32 Å². The molecule has 0 radical (unpaired) electrons. The maximum absolute atomic E-state index is 12.6. The van der Waals surface area contributed by atoms with Crippen molar-refractivity contribution in [1.82, 2.24) is 5.16 Å². The van der Waals surface area contributed by atoms with E-state index in [2.05, 4.69) is 15.2 Å². The van der Waals surface area contributed by atoms with Crippen LogP contribution in [0.5, 0.6) is 11.5 Å². The zero-order valence-corrected chi connectivity index (χ0v) is 16.3. The number of para-hydroxylation sites is 1. The largest absolute Gasteiger partial charge is 0.488 e. The molecule has 3 rings (SSSR count). The number of carbonyl (C=O) groups is 1. The Morgan fingerprint density at radius 1 is 1.21 bits per heavy atom. The molecule has 152 valence electrons. The van der Waals surface area contributed by atoms with Gasteiger partial charge in [-0.15, -0.1) is 0 Å². The first-order valence-electron chi connectivity index (χ1n) is 8.54. The number of anilines is 1. The maximum atomic E-state index is 12.6. The van der Waals surface area contributed by atoms with E-state index in [-0.39, 0.29) is 28.8 Å². The smallest absolute Gasteiger partial charge is 0.387 e. The lowest BCUT2D eigenvalue weighted by Gasteiger charge is -2.10. The van der Waals surface area contributed by atoms with Crippen molar-refractivity contribution in [3.8, 4) is 11.5 Å². The van der Waals surface area contributed by atoms with Gasteiger partial charge in [0.1, 0.15) is 23.9 Å². The van der Waals surface area contributed by atoms with Gasteiger partial charge in [0.15, 0.2) is 5.69 Å². The summed E-state index contributed by atoms with van der Waals surface area (Å²) in [4.78, 5) is 12.6. The van der Waals surface area contributed by atoms with Crippen LogP contribution in [0, 0.1) is 13.8 Å². The highest BCUT2D eigenvalue weighted by Gasteiger charge is 2.21. The Hall–Kier alpha value is -3.13. The Kier molecular flexibility index (Phi) is 6.33. The SMILES string of the molecule is Cc1ccccc1OCc1c(C(=O)Nc2ccc(OC(F)F)c(Cl)c2)noc1C. The van der Waals surface area contributed by atoms with Gasteiger partial charge in [-0.05, 0) is 43.7 Å². The van der Waals surface area contributed by atoms with E-state index in [4.69, 9.17) is 20.9 Å². The van der Waals surface area contributed by atoms with Crippen LogP contribution < -0.4 is 14.8 Å². The molecule has 0 aliphatic heterocycles. The van der Waals surface area contributed by atoms with Crippen molar-refractivity contribution in [3.63, 3.8) is 0 Å². The second-order valence-corrected chi connectivity index (χ2v) is 6.51. The first-order chi connectivity index (χ1) is 13.8. The molecule has 6 nitrogen and oxygen atoms in total. The standard InChI is InChI=1S/C20H17ClF2N2O4/c1-11-5-3-4-6-16(11)27-10-14-12(2)29-25-18(14)19(26)24-13-7-8-17(15(21)9-13)28-20(22)23/h3-9,20H,10H2,1-2H3,(H,24,26). The number of hydrogen-bond donors (Lipinski definition) is 1. The molecule has 9 heteroatoms. The Bertz CT molecular complexity index is 1020. The fourth-order valence-electron chi connectivity index (χ4n) is 2.57. The second-order valence-electron chi connectivity index (χ2n) is 6.10. The molecular formula is C20H17ClF2N2O4. The van der Waals surface area contributed by atoms with Crippen molar-refractivity contribution in [1.29, 1.82) is 0 Å². The van der Waals surface area contributed by atoms with Crippen LogP contribution >= 0.6 is 11.6 Å². The van der Waals surface area contributed by atoms with Gasteiger partial charge in [-0.25, -0.2) is 0 Å². The van der Waals surface area contributed by atoms with Gasteiger partial charge >= 0.3 is 6.61 Å². The molecule has 0 atom stereocenters. The number of aryl methyl sites for hydroxylation is 2. The van der Waals surface area contributed by atoms with E-state index in [1.165, 1.54) is 18.2 Å². The van der Waals surface area contributed by atoms with Gasteiger partial charge in [0.25, 0.3) is 5.91 Å². The molecule has 1 N–H and O–H groups in total. The van der Waals surface area contributed by atoms with Crippen LogP contribution in [-0.4, -0.2) is 17.7 Å². The van der Waals surface area contributed by atoms with Gasteiger partial charge in [-0.2, -0.15) is 8.78 Å². The van der Waals surface area contributed by atoms with Crippen LogP contribution in [0.25, 0.3) is 0 Å². The summed E-state index contributed by atoms with van der Waals surface area (Å²) in [5.41, 5.74) is 1.79. The molecule has 2 aromatic carbocycles. The van der Waals surface area contributed by atoms with E-state index in [0.717, 1.165) is 5.56 Å². The summed E-state index contributed by atoms with van der Waals surface area (Å²) in [6, 6.07) is 11.4. The van der Waals surface area contributed by atoms with Crippen LogP contribution in [0.4, 0.5) is 14.5 Å². The summed E-state index contributed by atoms with van der Waals surface area (Å²) < 4.78 is 39.8. The van der Waals surface area contributed by atoms with E-state index in [9.17, 15) is 13.6 Å². The summed E-state index contributed by atoms with van der Waals surface area (Å²) in [5, 5.41) is 6.33. The first kappa shape index (κ1) is 20.6. The molecule has 0 spiro atoms. The summed E-state index contributed by atoms with van der Waals surface area (Å²) in [6.45, 7) is 0.675. The van der Waals surface area contributed by atoms with Crippen LogP contribution in [0.3, 0.4) is 0 Å². The number of ether oxygens (including phenoxy) is 2. The third kappa shape index (κ3) is 5.03. The summed E-state index contributed by atoms with van der Waals surface area (Å²) in [6.07, 6.45) is 0. The molecule has 1 amide bonds. The third-order valence-corrected chi connectivity index (χ3v) is 4.37. The minimum Gasteiger partial charge on any atom is -0.488 e. The van der Waals surface area contributed by atoms with Crippen molar-refractivity contribution in [2.45, 2.75) is 27.1 Å². The van der Waals surface area contributed by atoms with E-state index >= 15 is 0 Å². The summed E-state index contributed by atoms with van der Waals surface area (Å²) >= 11 is 5.91. The number of alkyl halides is 2. The topological polar surface area (TPSA) is 73.6 Å². The molecule has 0 saturated heterocycles. The van der Waals surface area contributed by atoms with Gasteiger partial charge < -0.3 is 19.3 Å². The molecule has 3 aromatic rings. The lowest BCUT2D eigenvalue weighted by Crippen LogP contribution is -2.15. The zero-order chi connectivity index (χ0) is 21.0. The van der Waals surface area contributed by atoms with E-state index < -0.39 is 12.5 Å². The highest BCUT2D eigenvalue weighted by molar-refractivity contribution is 6.32. The maximum Gasteiger partial charge on any atom is 0.387 e. The lowest BCUT2D eigenvalue weighted by molar-refractivity contribution is -0.0497. The number of hydrogen-bond acceptors (Lipinski definition) is 5. The minimum absolute atomic E-state index is 0.0557. The molecule has 0 fully saturated rings. The average Bonchev–Trinajstić information content (AvgIpc) is 3.04. The monoisotopic (exact) mass is 422 g/mol. The normalized spacial score (nSPS) is 10.8. The number of benzene rings is 2. The second kappa shape index (κ2) is 8.91. The molecule has 0 saturated carbocycles. The minimum atomic E-state index is -3.00. The molecule has 0 aliphatic rings. The Morgan fingerprint density at radius 3 is 2.66 bits per heavy atom. The Labute approximate surface area is 170 Å². The number of nitrogens with one attached hydrogen (secondary N) is 1. The predicted molar refractivity (Wildman–Crippen MR) is 103 cm³/mol. The third-order valence-electron chi connectivity index (χ3n) is 4.07. The van der Waals surface area contributed by atoms with Gasteiger partial charge in [-0.1, -0.05) is 35.0 Å². The Morgan fingerprint density at radius 2 is 1.97 bits per heavy atom. The summed E-state index contributed by atoms with van der Waals surface area (Å²) in [5.74, 6) is 0.386. The van der Waals surface area contributed by atoms with Crippen molar-refractivity contribution in [3.05, 3.63) is 70.1 Å². The molecule has 29 heavy (non-hydrogen) atoms. The Balaban J connectivity index is 1.73. The number of nitrogens with zero attached hydrogens (tertiary/aromatic N) is 1. The van der Waals surface area contributed by atoms with Crippen molar-refractivity contribution in [2.24, 2.45) is 0 Å². The fraction of sp³-hybridized carbons (Fsp3) is 0.200. The van der Waals surface area contributed by atoms with E-state index in [1.54, 1.807) is 6.92 Å². The molecule has 0 unspecified atom stereocenters. The molecule has 0 aliphatic carbocycles. The summed E-state index contributed by atoms with van der Waals surface area (Å²) in [7, 11) is 0. The number of aromatic nitrogens is 1. The van der Waals surface area contributed by atoms with E-state index in [1.807, 2.05) is 31.2 Å². The average molecular weight is 423 g/mol. The van der Waals surface area contributed by atoms with E-state index in [0.29, 0.717) is 17.1 Å². The van der Waals surface area contributed by atoms with Crippen molar-refractivity contribution < 1.29 is 27.6 Å². The van der Waals surface area contributed by atoms with Gasteiger partial charge in [0.2, 0.25) is 0 Å². The van der Waals surface area contributed by atoms with Crippen LogP contribution in [-0.2, 0) is 6.61 Å². The molecular weight excluding hydrogens is 406 g/mol. The van der Waals surface area contributed by atoms with Crippen molar-refractivity contribution >= 4 is 23.2 Å². The quantitative estimate of drug-likeness (QED) is 0.553. The number of carbonyl (C=O) groups excluding carboxylic acids is 1. The highest BCUT2D eigenvalue weighted by Crippen LogP contribution is 2.29. The van der Waals surface area contributed by atoms with Crippen LogP contribution in [0.2, 0.25) is 5.02 Å². The van der Waals surface area contributed by atoms with Crippen LogP contribution in [0.15, 0.2) is 47.0 Å². The number of halogens is 3. The zero-order valence-electron chi connectivity index (χ0n) is 15.5. The predicted octanol–water partition coefficient (Wildman–Crippen LogP) is 5.38. The van der Waals surface area contributed by atoms with Gasteiger partial charge in [0, 0.05) is 5.69 Å².